The number of hydrogen-bond donors (Lipinski definition) is 1. The zero-order chi connectivity index (χ0) is 15.1. The second-order valence-corrected chi connectivity index (χ2v) is 3.83. The first-order valence-corrected chi connectivity index (χ1v) is 5.94. The minimum Gasteiger partial charge on any atom is -0.464 e. The highest BCUT2D eigenvalue weighted by atomic mass is 16.5. The van der Waals surface area contributed by atoms with Gasteiger partial charge in [0.1, 0.15) is 6.07 Å². The van der Waals surface area contributed by atoms with Crippen LogP contribution in [0.1, 0.15) is 0 Å². The van der Waals surface area contributed by atoms with Crippen molar-refractivity contribution in [3.8, 4) is 17.5 Å². The van der Waals surface area contributed by atoms with Gasteiger partial charge in [-0.15, -0.1) is 0 Å². The highest BCUT2D eigenvalue weighted by Gasteiger charge is 2.10. The fourth-order valence-corrected chi connectivity index (χ4v) is 1.48. The van der Waals surface area contributed by atoms with Crippen LogP contribution in [-0.2, 0) is 9.53 Å². The van der Waals surface area contributed by atoms with Gasteiger partial charge < -0.3 is 4.74 Å². The van der Waals surface area contributed by atoms with E-state index in [1.54, 1.807) is 48.8 Å². The molecule has 1 heterocycles. The van der Waals surface area contributed by atoms with Crippen molar-refractivity contribution in [1.82, 2.24) is 9.97 Å². The number of nitrogens with zero attached hydrogens (tertiary/aromatic N) is 4. The van der Waals surface area contributed by atoms with E-state index in [9.17, 15) is 4.79 Å². The van der Waals surface area contributed by atoms with Crippen molar-refractivity contribution in [1.29, 1.82) is 5.26 Å². The zero-order valence-electron chi connectivity index (χ0n) is 11.1. The molecule has 0 radical (unpaired) electrons. The van der Waals surface area contributed by atoms with Crippen LogP contribution < -0.4 is 5.43 Å². The van der Waals surface area contributed by atoms with Gasteiger partial charge in [-0.3, -0.25) is 5.43 Å². The molecule has 0 saturated carbocycles. The van der Waals surface area contributed by atoms with Crippen LogP contribution in [-0.4, -0.2) is 28.8 Å². The zero-order valence-corrected chi connectivity index (χ0v) is 11.1. The van der Waals surface area contributed by atoms with E-state index in [0.717, 1.165) is 5.56 Å². The van der Waals surface area contributed by atoms with Gasteiger partial charge in [0.05, 0.1) is 12.8 Å². The molecule has 104 valence electrons. The van der Waals surface area contributed by atoms with E-state index in [1.807, 2.05) is 0 Å². The molecule has 0 fully saturated rings. The SMILES string of the molecule is COC(=O)/C(C#N)=N/Nc1ccc(-c2ncccn2)cc1. The van der Waals surface area contributed by atoms with E-state index in [-0.39, 0.29) is 5.71 Å². The third kappa shape index (κ3) is 3.61. The molecule has 0 aliphatic heterocycles. The predicted octanol–water partition coefficient (Wildman–Crippen LogP) is 1.61. The molecule has 0 aliphatic rings. The fourth-order valence-electron chi connectivity index (χ4n) is 1.48. The summed E-state index contributed by atoms with van der Waals surface area (Å²) in [7, 11) is 1.18. The minimum atomic E-state index is -0.792. The number of methoxy groups -OCH3 is 1. The molecule has 7 nitrogen and oxygen atoms in total. The predicted molar refractivity (Wildman–Crippen MR) is 76.2 cm³/mol. The summed E-state index contributed by atoms with van der Waals surface area (Å²) < 4.78 is 4.42. The molecule has 0 bridgehead atoms. The topological polar surface area (TPSA) is 100 Å². The normalized spacial score (nSPS) is 10.6. The summed E-state index contributed by atoms with van der Waals surface area (Å²) in [5.74, 6) is -0.181. The molecule has 7 heteroatoms. The summed E-state index contributed by atoms with van der Waals surface area (Å²) in [4.78, 5) is 19.4. The lowest BCUT2D eigenvalue weighted by atomic mass is 10.2. The van der Waals surface area contributed by atoms with Gasteiger partial charge in [0.15, 0.2) is 5.82 Å². The molecular weight excluding hydrogens is 270 g/mol. The first-order chi connectivity index (χ1) is 10.2. The van der Waals surface area contributed by atoms with Crippen LogP contribution in [0.2, 0.25) is 0 Å². The third-order valence-corrected chi connectivity index (χ3v) is 2.49. The Kier molecular flexibility index (Phi) is 4.56. The lowest BCUT2D eigenvalue weighted by molar-refractivity contribution is -0.132. The number of nitriles is 1. The molecule has 1 aromatic carbocycles. The summed E-state index contributed by atoms with van der Waals surface area (Å²) in [5, 5.41) is 12.4. The van der Waals surface area contributed by atoms with E-state index in [1.165, 1.54) is 7.11 Å². The van der Waals surface area contributed by atoms with Crippen molar-refractivity contribution >= 4 is 17.4 Å². The molecule has 2 rings (SSSR count). The Morgan fingerprint density at radius 3 is 2.52 bits per heavy atom. The standard InChI is InChI=1S/C14H11N5O2/c1-21-14(20)12(9-15)19-18-11-5-3-10(4-6-11)13-16-7-2-8-17-13/h2-8,18H,1H3/b19-12+. The molecular formula is C14H11N5O2. The van der Waals surface area contributed by atoms with E-state index < -0.39 is 5.97 Å². The molecule has 1 aromatic heterocycles. The number of benzene rings is 1. The Morgan fingerprint density at radius 1 is 1.29 bits per heavy atom. The van der Waals surface area contributed by atoms with E-state index in [2.05, 4.69) is 25.2 Å². The number of hydrogen-bond acceptors (Lipinski definition) is 7. The summed E-state index contributed by atoms with van der Waals surface area (Å²) in [6.45, 7) is 0. The van der Waals surface area contributed by atoms with Crippen LogP contribution >= 0.6 is 0 Å². The number of anilines is 1. The molecule has 0 unspecified atom stereocenters. The van der Waals surface area contributed by atoms with Crippen molar-refractivity contribution in [3.63, 3.8) is 0 Å². The van der Waals surface area contributed by atoms with Crippen molar-refractivity contribution in [2.45, 2.75) is 0 Å². The van der Waals surface area contributed by atoms with Crippen LogP contribution in [0, 0.1) is 11.3 Å². The molecule has 0 aliphatic carbocycles. The largest absolute Gasteiger partial charge is 0.464 e. The maximum absolute atomic E-state index is 11.2. The maximum atomic E-state index is 11.2. The van der Waals surface area contributed by atoms with E-state index in [0.29, 0.717) is 11.5 Å². The molecule has 0 spiro atoms. The second kappa shape index (κ2) is 6.77. The van der Waals surface area contributed by atoms with Gasteiger partial charge >= 0.3 is 5.97 Å². The summed E-state index contributed by atoms with van der Waals surface area (Å²) in [6.07, 6.45) is 3.32. The molecule has 0 saturated heterocycles. The lowest BCUT2D eigenvalue weighted by Gasteiger charge is -2.03. The Labute approximate surface area is 120 Å². The Hall–Kier alpha value is -3.27. The molecule has 0 amide bonds. The monoisotopic (exact) mass is 281 g/mol. The van der Waals surface area contributed by atoms with Gasteiger partial charge in [-0.1, -0.05) is 0 Å². The quantitative estimate of drug-likeness (QED) is 0.519. The van der Waals surface area contributed by atoms with Gasteiger partial charge in [-0.05, 0) is 30.3 Å². The average Bonchev–Trinajstić information content (AvgIpc) is 2.56. The Morgan fingerprint density at radius 2 is 1.95 bits per heavy atom. The highest BCUT2D eigenvalue weighted by molar-refractivity contribution is 6.43. The average molecular weight is 281 g/mol. The number of nitrogens with one attached hydrogen (secondary N) is 1. The first-order valence-electron chi connectivity index (χ1n) is 5.94. The smallest absolute Gasteiger partial charge is 0.369 e. The Bertz CT molecular complexity index is 690. The van der Waals surface area contributed by atoms with E-state index >= 15 is 0 Å². The van der Waals surface area contributed by atoms with Gasteiger partial charge in [0, 0.05) is 18.0 Å². The molecule has 21 heavy (non-hydrogen) atoms. The van der Waals surface area contributed by atoms with E-state index in [4.69, 9.17) is 5.26 Å². The number of carbonyl (C=O) groups excluding carboxylic acids is 1. The summed E-state index contributed by atoms with van der Waals surface area (Å²) in [6, 6.07) is 10.5. The van der Waals surface area contributed by atoms with Crippen molar-refractivity contribution in [3.05, 3.63) is 42.7 Å². The summed E-state index contributed by atoms with van der Waals surface area (Å²) in [5.41, 5.74) is 3.72. The van der Waals surface area contributed by atoms with Gasteiger partial charge in [0.2, 0.25) is 5.71 Å². The van der Waals surface area contributed by atoms with Crippen LogP contribution in [0.4, 0.5) is 5.69 Å². The number of esters is 1. The molecule has 1 N–H and O–H groups in total. The lowest BCUT2D eigenvalue weighted by Crippen LogP contribution is -2.15. The van der Waals surface area contributed by atoms with Gasteiger partial charge in [0.25, 0.3) is 0 Å². The number of rotatable bonds is 4. The fraction of sp³-hybridized carbons (Fsp3) is 0.0714. The van der Waals surface area contributed by atoms with Gasteiger partial charge in [-0.25, -0.2) is 14.8 Å². The van der Waals surface area contributed by atoms with Crippen molar-refractivity contribution in [2.24, 2.45) is 5.10 Å². The third-order valence-electron chi connectivity index (χ3n) is 2.49. The maximum Gasteiger partial charge on any atom is 0.369 e. The van der Waals surface area contributed by atoms with Crippen LogP contribution in [0.15, 0.2) is 47.8 Å². The van der Waals surface area contributed by atoms with Crippen LogP contribution in [0.25, 0.3) is 11.4 Å². The first kappa shape index (κ1) is 14.1. The van der Waals surface area contributed by atoms with Crippen LogP contribution in [0.3, 0.4) is 0 Å². The van der Waals surface area contributed by atoms with Crippen molar-refractivity contribution < 1.29 is 9.53 Å². The van der Waals surface area contributed by atoms with Gasteiger partial charge in [-0.2, -0.15) is 10.4 Å². The second-order valence-electron chi connectivity index (χ2n) is 3.83. The number of carbonyl (C=O) groups is 1. The summed E-state index contributed by atoms with van der Waals surface area (Å²) >= 11 is 0. The number of hydrazone groups is 1. The van der Waals surface area contributed by atoms with Crippen LogP contribution in [0.5, 0.6) is 0 Å². The molecule has 2 aromatic rings. The number of ether oxygens (including phenoxy) is 1. The Balaban J connectivity index is 2.12. The highest BCUT2D eigenvalue weighted by Crippen LogP contribution is 2.17. The molecule has 0 atom stereocenters. The van der Waals surface area contributed by atoms with Crippen molar-refractivity contribution in [2.75, 3.05) is 12.5 Å². The number of aromatic nitrogens is 2. The minimum absolute atomic E-state index is 0.354.